The summed E-state index contributed by atoms with van der Waals surface area (Å²) in [6.45, 7) is 8.41. The van der Waals surface area contributed by atoms with Crippen LogP contribution in [-0.2, 0) is 10.0 Å². The Kier molecular flexibility index (Phi) is 5.09. The van der Waals surface area contributed by atoms with Gasteiger partial charge in [-0.3, -0.25) is 5.10 Å². The molecule has 6 heteroatoms. The van der Waals surface area contributed by atoms with Crippen LogP contribution in [0.5, 0.6) is 0 Å². The Morgan fingerprint density at radius 1 is 1.29 bits per heavy atom. The summed E-state index contributed by atoms with van der Waals surface area (Å²) in [5.41, 5.74) is 1.21. The molecule has 1 aliphatic rings. The first-order valence-corrected chi connectivity index (χ1v) is 9.31. The number of nitrogens with one attached hydrogen (secondary N) is 1. The van der Waals surface area contributed by atoms with Crippen molar-refractivity contribution < 1.29 is 8.42 Å². The van der Waals surface area contributed by atoms with Crippen LogP contribution in [0.3, 0.4) is 0 Å². The fraction of sp³-hybridized carbons (Fsp3) is 0.800. The molecule has 1 aromatic rings. The van der Waals surface area contributed by atoms with E-state index >= 15 is 0 Å². The van der Waals surface area contributed by atoms with Gasteiger partial charge in [-0.05, 0) is 39.0 Å². The van der Waals surface area contributed by atoms with Gasteiger partial charge < -0.3 is 0 Å². The predicted molar refractivity (Wildman–Crippen MR) is 83.7 cm³/mol. The summed E-state index contributed by atoms with van der Waals surface area (Å²) in [5.74, 6) is 0.496. The van der Waals surface area contributed by atoms with Crippen LogP contribution in [0, 0.1) is 19.8 Å². The van der Waals surface area contributed by atoms with Crippen LogP contribution in [0.1, 0.15) is 57.3 Å². The normalized spacial score (nSPS) is 17.2. The van der Waals surface area contributed by atoms with E-state index in [1.165, 1.54) is 0 Å². The zero-order valence-corrected chi connectivity index (χ0v) is 14.3. The Labute approximate surface area is 128 Å². The average molecular weight is 313 g/mol. The molecule has 1 heterocycles. The lowest BCUT2D eigenvalue weighted by Gasteiger charge is -2.28. The van der Waals surface area contributed by atoms with Gasteiger partial charge in [0.15, 0.2) is 0 Å². The van der Waals surface area contributed by atoms with Crippen molar-refractivity contribution in [2.45, 2.75) is 70.7 Å². The molecule has 1 saturated carbocycles. The molecule has 0 spiro atoms. The van der Waals surface area contributed by atoms with Crippen LogP contribution < -0.4 is 0 Å². The van der Waals surface area contributed by atoms with E-state index in [0.717, 1.165) is 32.1 Å². The van der Waals surface area contributed by atoms with Gasteiger partial charge >= 0.3 is 0 Å². The van der Waals surface area contributed by atoms with E-state index in [0.29, 0.717) is 28.7 Å². The molecule has 5 nitrogen and oxygen atoms in total. The first-order valence-electron chi connectivity index (χ1n) is 7.87. The largest absolute Gasteiger partial charge is 0.281 e. The standard InChI is InChI=1S/C15H27N3O2S/c1-11(2)9-10-18(14-7-5-6-8-14)21(19,20)15-12(3)16-17-13(15)4/h11,14H,5-10H2,1-4H3,(H,16,17). The van der Waals surface area contributed by atoms with E-state index in [1.54, 1.807) is 18.2 Å². The maximum Gasteiger partial charge on any atom is 0.246 e. The van der Waals surface area contributed by atoms with E-state index < -0.39 is 10.0 Å². The highest BCUT2D eigenvalue weighted by atomic mass is 32.2. The molecule has 0 atom stereocenters. The summed E-state index contributed by atoms with van der Waals surface area (Å²) in [6, 6.07) is 0.155. The Morgan fingerprint density at radius 2 is 1.90 bits per heavy atom. The topological polar surface area (TPSA) is 66.1 Å². The number of H-pyrrole nitrogens is 1. The molecular weight excluding hydrogens is 286 g/mol. The highest BCUT2D eigenvalue weighted by Gasteiger charge is 2.35. The summed E-state index contributed by atoms with van der Waals surface area (Å²) in [4.78, 5) is 0.373. The monoisotopic (exact) mass is 313 g/mol. The van der Waals surface area contributed by atoms with Crippen molar-refractivity contribution in [3.05, 3.63) is 11.4 Å². The quantitative estimate of drug-likeness (QED) is 0.878. The van der Waals surface area contributed by atoms with Crippen LogP contribution in [0.4, 0.5) is 0 Å². The Bertz CT molecular complexity index is 552. The number of nitrogens with zero attached hydrogens (tertiary/aromatic N) is 2. The van der Waals surface area contributed by atoms with Crippen molar-refractivity contribution in [1.29, 1.82) is 0 Å². The first kappa shape index (κ1) is 16.5. The number of rotatable bonds is 6. The lowest BCUT2D eigenvalue weighted by atomic mass is 10.1. The third-order valence-electron chi connectivity index (χ3n) is 4.29. The molecule has 0 unspecified atom stereocenters. The number of aryl methyl sites for hydroxylation is 2. The van der Waals surface area contributed by atoms with Gasteiger partial charge in [0.2, 0.25) is 10.0 Å². The molecule has 0 aromatic carbocycles. The zero-order valence-electron chi connectivity index (χ0n) is 13.5. The maximum atomic E-state index is 13.1. The zero-order chi connectivity index (χ0) is 15.6. The van der Waals surface area contributed by atoms with Crippen LogP contribution in [0.15, 0.2) is 4.90 Å². The molecule has 0 radical (unpaired) electrons. The number of aromatic amines is 1. The van der Waals surface area contributed by atoms with Crippen molar-refractivity contribution in [2.24, 2.45) is 5.92 Å². The molecule has 0 bridgehead atoms. The highest BCUT2D eigenvalue weighted by Crippen LogP contribution is 2.31. The second kappa shape index (κ2) is 6.48. The molecular formula is C15H27N3O2S. The molecule has 0 aliphatic heterocycles. The third-order valence-corrected chi connectivity index (χ3v) is 6.50. The Balaban J connectivity index is 2.34. The van der Waals surface area contributed by atoms with Gasteiger partial charge in [0.05, 0.1) is 11.4 Å². The Hall–Kier alpha value is -0.880. The first-order chi connectivity index (χ1) is 9.84. The molecule has 0 amide bonds. The smallest absolute Gasteiger partial charge is 0.246 e. The minimum absolute atomic E-state index is 0.155. The van der Waals surface area contributed by atoms with Crippen LogP contribution >= 0.6 is 0 Å². The van der Waals surface area contributed by atoms with Crippen molar-refractivity contribution in [3.63, 3.8) is 0 Å². The minimum Gasteiger partial charge on any atom is -0.281 e. The molecule has 0 saturated heterocycles. The van der Waals surface area contributed by atoms with Crippen molar-refractivity contribution >= 4 is 10.0 Å². The summed E-state index contributed by atoms with van der Waals surface area (Å²) >= 11 is 0. The Morgan fingerprint density at radius 3 is 2.38 bits per heavy atom. The van der Waals surface area contributed by atoms with Gasteiger partial charge in [-0.2, -0.15) is 9.40 Å². The van der Waals surface area contributed by atoms with Crippen LogP contribution in [0.25, 0.3) is 0 Å². The lowest BCUT2D eigenvalue weighted by molar-refractivity contribution is 0.304. The van der Waals surface area contributed by atoms with Gasteiger partial charge in [-0.1, -0.05) is 26.7 Å². The van der Waals surface area contributed by atoms with E-state index in [2.05, 4.69) is 24.0 Å². The molecule has 1 aromatic heterocycles. The van der Waals surface area contributed by atoms with Crippen molar-refractivity contribution in [1.82, 2.24) is 14.5 Å². The molecule has 2 rings (SSSR count). The summed E-state index contributed by atoms with van der Waals surface area (Å²) < 4.78 is 27.9. The third kappa shape index (κ3) is 3.48. The maximum absolute atomic E-state index is 13.1. The lowest BCUT2D eigenvalue weighted by Crippen LogP contribution is -2.40. The second-order valence-corrected chi connectivity index (χ2v) is 8.33. The molecule has 21 heavy (non-hydrogen) atoms. The second-order valence-electron chi connectivity index (χ2n) is 6.50. The van der Waals surface area contributed by atoms with Crippen LogP contribution in [0.2, 0.25) is 0 Å². The van der Waals surface area contributed by atoms with Crippen molar-refractivity contribution in [2.75, 3.05) is 6.54 Å². The van der Waals surface area contributed by atoms with Gasteiger partial charge in [0.1, 0.15) is 4.90 Å². The van der Waals surface area contributed by atoms with E-state index in [1.807, 2.05) is 0 Å². The van der Waals surface area contributed by atoms with Crippen LogP contribution in [-0.4, -0.2) is 35.5 Å². The van der Waals surface area contributed by atoms with Gasteiger partial charge in [0.25, 0.3) is 0 Å². The number of sulfonamides is 1. The van der Waals surface area contributed by atoms with Gasteiger partial charge in [0, 0.05) is 12.6 Å². The minimum atomic E-state index is -3.46. The van der Waals surface area contributed by atoms with E-state index in [9.17, 15) is 8.42 Å². The molecule has 1 fully saturated rings. The van der Waals surface area contributed by atoms with Crippen molar-refractivity contribution in [3.8, 4) is 0 Å². The summed E-state index contributed by atoms with van der Waals surface area (Å²) in [6.07, 6.45) is 5.11. The average Bonchev–Trinajstić information content (AvgIpc) is 2.99. The summed E-state index contributed by atoms with van der Waals surface area (Å²) in [5, 5.41) is 6.85. The number of hydrogen-bond donors (Lipinski definition) is 1. The molecule has 120 valence electrons. The number of aromatic nitrogens is 2. The fourth-order valence-corrected chi connectivity index (χ4v) is 5.15. The predicted octanol–water partition coefficient (Wildman–Crippen LogP) is 3.01. The van der Waals surface area contributed by atoms with E-state index in [4.69, 9.17) is 0 Å². The molecule has 1 N–H and O–H groups in total. The SMILES string of the molecule is Cc1n[nH]c(C)c1S(=O)(=O)N(CCC(C)C)C1CCCC1. The number of hydrogen-bond acceptors (Lipinski definition) is 3. The van der Waals surface area contributed by atoms with Gasteiger partial charge in [-0.15, -0.1) is 0 Å². The highest BCUT2D eigenvalue weighted by molar-refractivity contribution is 7.89. The summed E-state index contributed by atoms with van der Waals surface area (Å²) in [7, 11) is -3.46. The van der Waals surface area contributed by atoms with E-state index in [-0.39, 0.29) is 6.04 Å². The van der Waals surface area contributed by atoms with Gasteiger partial charge in [-0.25, -0.2) is 8.42 Å². The fourth-order valence-electron chi connectivity index (χ4n) is 3.11. The molecule has 1 aliphatic carbocycles.